The van der Waals surface area contributed by atoms with Crippen molar-refractivity contribution in [3.63, 3.8) is 0 Å². The summed E-state index contributed by atoms with van der Waals surface area (Å²) in [5, 5.41) is 0. The van der Waals surface area contributed by atoms with Gasteiger partial charge in [0.05, 0.1) is 0 Å². The van der Waals surface area contributed by atoms with Crippen molar-refractivity contribution in [2.45, 2.75) is 0 Å². The molecule has 0 aromatic heterocycles. The van der Waals surface area contributed by atoms with E-state index in [4.69, 9.17) is 38.5 Å². The van der Waals surface area contributed by atoms with Crippen LogP contribution in [-0.2, 0) is 26.2 Å². The molecule has 0 aliphatic rings. The molecule has 12 heteroatoms. The number of hydrogen-bond donors (Lipinski definition) is 0. The summed E-state index contributed by atoms with van der Waals surface area (Å²) in [7, 11) is -10.8. The minimum Gasteiger partial charge on any atom is -0.822 e. The van der Waals surface area contributed by atoms with E-state index in [0.29, 0.717) is 0 Å². The van der Waals surface area contributed by atoms with Gasteiger partial charge in [-0.05, 0) is 0 Å². The molecule has 0 N–H and O–H groups in total. The molecule has 0 spiro atoms. The van der Waals surface area contributed by atoms with E-state index >= 15 is 0 Å². The summed E-state index contributed by atoms with van der Waals surface area (Å²) in [6.07, 6.45) is 0. The van der Waals surface area contributed by atoms with Crippen LogP contribution in [0.25, 0.3) is 0 Å². The normalized spacial score (nSPS) is 9.83. The Hall–Kier alpha value is 1.27. The molecule has 0 saturated heterocycles. The van der Waals surface area contributed by atoms with Crippen LogP contribution in [0.4, 0.5) is 0 Å². The zero-order chi connectivity index (χ0) is 9.00. The molecule has 8 nitrogen and oxygen atoms in total. The van der Waals surface area contributed by atoms with Crippen molar-refractivity contribution in [2.24, 2.45) is 0 Å². The Kier molecular flexibility index (Phi) is 17.2. The maximum Gasteiger partial charge on any atom is 3.00 e. The molecule has 0 radical (unpaired) electrons. The van der Waals surface area contributed by atoms with Gasteiger partial charge in [-0.25, -0.2) is 0 Å². The van der Waals surface area contributed by atoms with Crippen molar-refractivity contribution in [1.82, 2.24) is 0 Å². The molecule has 72 valence electrons. The van der Waals surface area contributed by atoms with Gasteiger partial charge in [-0.3, -0.25) is 0 Å². The standard InChI is InChI=1S/Al.Fe.2H3O4P/c;;2*1-5(2,3)4/h;;2*(H3,1,2,3,4)/q+3;;;/p-6. The van der Waals surface area contributed by atoms with Gasteiger partial charge in [-0.1, -0.05) is 0 Å². The molecule has 0 aromatic carbocycles. The Labute approximate surface area is 88.7 Å². The number of rotatable bonds is 0. The Balaban J connectivity index is -0.0000000457. The predicted octanol–water partition coefficient (Wildman–Crippen LogP) is -6.03. The molecule has 0 rings (SSSR count). The summed E-state index contributed by atoms with van der Waals surface area (Å²) in [5.41, 5.74) is 0. The maximum atomic E-state index is 8.55. The van der Waals surface area contributed by atoms with Crippen LogP contribution in [0.3, 0.4) is 0 Å². The molecule has 0 aromatic rings. The summed E-state index contributed by atoms with van der Waals surface area (Å²) in [6.45, 7) is 0. The van der Waals surface area contributed by atoms with E-state index in [-0.39, 0.29) is 34.4 Å². The second kappa shape index (κ2) is 8.85. The van der Waals surface area contributed by atoms with Crippen LogP contribution < -0.4 is 29.4 Å². The molecule has 0 aliphatic heterocycles. The molecular formula is AlFeO8P2-3. The summed E-state index contributed by atoms with van der Waals surface area (Å²) in [5.74, 6) is 0. The third-order valence-corrected chi connectivity index (χ3v) is 0. The second-order valence-electron chi connectivity index (χ2n) is 0.894. The van der Waals surface area contributed by atoms with Crippen LogP contribution >= 0.6 is 15.6 Å². The first-order valence-electron chi connectivity index (χ1n) is 1.46. The van der Waals surface area contributed by atoms with E-state index < -0.39 is 15.6 Å². The van der Waals surface area contributed by atoms with Crippen LogP contribution in [0.15, 0.2) is 0 Å². The first-order valence-corrected chi connectivity index (χ1v) is 4.38. The van der Waals surface area contributed by atoms with Crippen LogP contribution in [0.1, 0.15) is 0 Å². The monoisotopic (exact) mass is 273 g/mol. The smallest absolute Gasteiger partial charge is 0.822 e. The fraction of sp³-hybridized carbons (Fsp3) is 0. The Morgan fingerprint density at radius 3 is 0.667 bits per heavy atom. The van der Waals surface area contributed by atoms with Gasteiger partial charge in [-0.15, -0.1) is 0 Å². The van der Waals surface area contributed by atoms with Gasteiger partial charge in [0.25, 0.3) is 0 Å². The molecule has 0 fully saturated rings. The van der Waals surface area contributed by atoms with Crippen molar-refractivity contribution in [1.29, 1.82) is 0 Å². The largest absolute Gasteiger partial charge is 3.00 e. The second-order valence-corrected chi connectivity index (χ2v) is 2.68. The molecule has 0 amide bonds. The van der Waals surface area contributed by atoms with Crippen LogP contribution in [-0.4, -0.2) is 17.4 Å². The van der Waals surface area contributed by atoms with E-state index in [2.05, 4.69) is 0 Å². The average Bonchev–Trinajstić information content (AvgIpc) is 1.12. The summed E-state index contributed by atoms with van der Waals surface area (Å²) in [6, 6.07) is 0. The first kappa shape index (κ1) is 23.2. The summed E-state index contributed by atoms with van der Waals surface area (Å²) in [4.78, 5) is 51.3. The molecule has 0 heterocycles. The number of phosphoric acid groups is 2. The zero-order valence-corrected chi connectivity index (χ0v) is 9.14. The van der Waals surface area contributed by atoms with Crippen LogP contribution in [0.2, 0.25) is 0 Å². The Morgan fingerprint density at radius 2 is 0.667 bits per heavy atom. The van der Waals surface area contributed by atoms with Crippen molar-refractivity contribution in [3.05, 3.63) is 0 Å². The summed E-state index contributed by atoms with van der Waals surface area (Å²) >= 11 is 0. The molecular weight excluding hydrogens is 273 g/mol. The van der Waals surface area contributed by atoms with E-state index in [1.807, 2.05) is 0 Å². The third-order valence-electron chi connectivity index (χ3n) is 0. The van der Waals surface area contributed by atoms with Gasteiger partial charge in [0.1, 0.15) is 0 Å². The molecule has 0 saturated carbocycles. The Morgan fingerprint density at radius 1 is 0.667 bits per heavy atom. The summed E-state index contributed by atoms with van der Waals surface area (Å²) < 4.78 is 17.1. The van der Waals surface area contributed by atoms with Crippen molar-refractivity contribution in [2.75, 3.05) is 0 Å². The van der Waals surface area contributed by atoms with Crippen molar-refractivity contribution in [3.8, 4) is 0 Å². The quantitative estimate of drug-likeness (QED) is 0.309. The molecule has 12 heavy (non-hydrogen) atoms. The third kappa shape index (κ3) is 735. The minimum atomic E-state index is -5.39. The van der Waals surface area contributed by atoms with Gasteiger partial charge >= 0.3 is 17.4 Å². The SMILES string of the molecule is O=P([O-])([O-])[O-].O=P([O-])([O-])[O-].[Al+3].[Fe]. The van der Waals surface area contributed by atoms with E-state index in [0.717, 1.165) is 0 Å². The topological polar surface area (TPSA) is 172 Å². The number of hydrogen-bond acceptors (Lipinski definition) is 8. The van der Waals surface area contributed by atoms with Gasteiger partial charge < -0.3 is 38.5 Å². The predicted molar refractivity (Wildman–Crippen MR) is 21.0 cm³/mol. The molecule has 0 aliphatic carbocycles. The van der Waals surface area contributed by atoms with Crippen LogP contribution in [0, 0.1) is 0 Å². The van der Waals surface area contributed by atoms with E-state index in [1.54, 1.807) is 0 Å². The fourth-order valence-corrected chi connectivity index (χ4v) is 0. The maximum absolute atomic E-state index is 8.55. The molecule has 0 atom stereocenters. The fourth-order valence-electron chi connectivity index (χ4n) is 0. The van der Waals surface area contributed by atoms with Gasteiger partial charge in [0, 0.05) is 17.1 Å². The average molecular weight is 273 g/mol. The Bertz CT molecular complexity index is 129. The molecule has 0 unspecified atom stereocenters. The minimum absolute atomic E-state index is 0. The molecule has 0 bridgehead atoms. The van der Waals surface area contributed by atoms with E-state index in [1.165, 1.54) is 0 Å². The van der Waals surface area contributed by atoms with Gasteiger partial charge in [0.2, 0.25) is 0 Å². The van der Waals surface area contributed by atoms with Gasteiger partial charge in [0.15, 0.2) is 0 Å². The van der Waals surface area contributed by atoms with Crippen LogP contribution in [0.5, 0.6) is 0 Å². The van der Waals surface area contributed by atoms with Crippen molar-refractivity contribution < 1.29 is 55.6 Å². The zero-order valence-electron chi connectivity index (χ0n) is 5.09. The van der Waals surface area contributed by atoms with Crippen molar-refractivity contribution >= 4 is 33.0 Å². The van der Waals surface area contributed by atoms with Gasteiger partial charge in [-0.2, -0.15) is 15.6 Å². The first-order chi connectivity index (χ1) is 4.00. The van der Waals surface area contributed by atoms with E-state index in [9.17, 15) is 0 Å².